The standard InChI is InChI=1S/C10H8BrF3O/c11-7-3-6(10(12,13)14)4-9(5-7)15-8-1-2-8/h3-5,8H,1-2H2. The zero-order valence-electron chi connectivity index (χ0n) is 7.64. The van der Waals surface area contributed by atoms with E-state index in [1.54, 1.807) is 6.07 Å². The van der Waals surface area contributed by atoms with Crippen molar-refractivity contribution in [3.63, 3.8) is 0 Å². The highest BCUT2D eigenvalue weighted by atomic mass is 79.9. The Balaban J connectivity index is 2.27. The Morgan fingerprint density at radius 2 is 1.87 bits per heavy atom. The van der Waals surface area contributed by atoms with Crippen molar-refractivity contribution < 1.29 is 17.9 Å². The molecule has 0 heterocycles. The van der Waals surface area contributed by atoms with Gasteiger partial charge in [-0.15, -0.1) is 0 Å². The van der Waals surface area contributed by atoms with Gasteiger partial charge in [-0.2, -0.15) is 13.2 Å². The molecule has 1 aromatic carbocycles. The summed E-state index contributed by atoms with van der Waals surface area (Å²) in [6, 6.07) is 3.62. The topological polar surface area (TPSA) is 9.23 Å². The van der Waals surface area contributed by atoms with Crippen molar-refractivity contribution in [2.24, 2.45) is 0 Å². The molecule has 1 aliphatic rings. The lowest BCUT2D eigenvalue weighted by atomic mass is 10.2. The molecule has 0 radical (unpaired) electrons. The fourth-order valence-electron chi connectivity index (χ4n) is 1.17. The molecular weight excluding hydrogens is 273 g/mol. The summed E-state index contributed by atoms with van der Waals surface area (Å²) < 4.78 is 43.0. The molecule has 0 unspecified atom stereocenters. The second-order valence-electron chi connectivity index (χ2n) is 3.49. The van der Waals surface area contributed by atoms with Gasteiger partial charge in [-0.25, -0.2) is 0 Å². The second-order valence-corrected chi connectivity index (χ2v) is 4.41. The summed E-state index contributed by atoms with van der Waals surface area (Å²) in [4.78, 5) is 0. The third-order valence-electron chi connectivity index (χ3n) is 2.03. The van der Waals surface area contributed by atoms with E-state index in [9.17, 15) is 13.2 Å². The van der Waals surface area contributed by atoms with Crippen molar-refractivity contribution in [3.8, 4) is 5.75 Å². The van der Waals surface area contributed by atoms with Crippen molar-refractivity contribution in [2.45, 2.75) is 25.1 Å². The molecule has 82 valence electrons. The Bertz CT molecular complexity index is 371. The third kappa shape index (κ3) is 2.87. The van der Waals surface area contributed by atoms with Crippen LogP contribution >= 0.6 is 15.9 Å². The normalized spacial score (nSPS) is 16.5. The van der Waals surface area contributed by atoms with Gasteiger partial charge in [0.2, 0.25) is 0 Å². The minimum absolute atomic E-state index is 0.0976. The Labute approximate surface area is 93.4 Å². The molecule has 0 saturated heterocycles. The number of alkyl halides is 3. The summed E-state index contributed by atoms with van der Waals surface area (Å²) in [5.41, 5.74) is -0.687. The van der Waals surface area contributed by atoms with E-state index < -0.39 is 11.7 Å². The van der Waals surface area contributed by atoms with Crippen LogP contribution in [0, 0.1) is 0 Å². The van der Waals surface area contributed by atoms with Gasteiger partial charge in [-0.3, -0.25) is 0 Å². The summed E-state index contributed by atoms with van der Waals surface area (Å²) >= 11 is 3.04. The minimum atomic E-state index is -4.33. The Morgan fingerprint density at radius 3 is 2.40 bits per heavy atom. The van der Waals surface area contributed by atoms with Crippen LogP contribution in [0.1, 0.15) is 18.4 Å². The fourth-order valence-corrected chi connectivity index (χ4v) is 1.65. The van der Waals surface area contributed by atoms with Crippen molar-refractivity contribution in [1.82, 2.24) is 0 Å². The lowest BCUT2D eigenvalue weighted by Crippen LogP contribution is -2.06. The maximum Gasteiger partial charge on any atom is 0.416 e. The van der Waals surface area contributed by atoms with Crippen LogP contribution < -0.4 is 4.74 Å². The van der Waals surface area contributed by atoms with Crippen LogP contribution in [-0.4, -0.2) is 6.10 Å². The zero-order valence-corrected chi connectivity index (χ0v) is 9.23. The summed E-state index contributed by atoms with van der Waals surface area (Å²) in [5.74, 6) is 0.277. The average molecular weight is 281 g/mol. The maximum absolute atomic E-state index is 12.4. The molecule has 0 N–H and O–H groups in total. The number of hydrogen-bond donors (Lipinski definition) is 0. The van der Waals surface area contributed by atoms with E-state index in [1.807, 2.05) is 0 Å². The van der Waals surface area contributed by atoms with E-state index in [2.05, 4.69) is 15.9 Å². The van der Waals surface area contributed by atoms with Crippen molar-refractivity contribution >= 4 is 15.9 Å². The van der Waals surface area contributed by atoms with E-state index in [-0.39, 0.29) is 11.9 Å². The van der Waals surface area contributed by atoms with E-state index in [1.165, 1.54) is 0 Å². The van der Waals surface area contributed by atoms with Crippen LogP contribution in [-0.2, 0) is 6.18 Å². The molecule has 0 spiro atoms. The average Bonchev–Trinajstić information content (AvgIpc) is 2.85. The summed E-state index contributed by atoms with van der Waals surface area (Å²) in [5, 5.41) is 0. The highest BCUT2D eigenvalue weighted by Gasteiger charge is 2.32. The largest absolute Gasteiger partial charge is 0.490 e. The quantitative estimate of drug-likeness (QED) is 0.795. The molecule has 0 aromatic heterocycles. The van der Waals surface area contributed by atoms with Crippen LogP contribution in [0.3, 0.4) is 0 Å². The first-order valence-corrected chi connectivity index (χ1v) is 5.29. The van der Waals surface area contributed by atoms with Crippen molar-refractivity contribution in [1.29, 1.82) is 0 Å². The molecule has 1 nitrogen and oxygen atoms in total. The predicted molar refractivity (Wildman–Crippen MR) is 52.8 cm³/mol. The SMILES string of the molecule is FC(F)(F)c1cc(Br)cc(OC2CC2)c1. The van der Waals surface area contributed by atoms with Gasteiger partial charge in [0.1, 0.15) is 5.75 Å². The maximum atomic E-state index is 12.4. The number of halogens is 4. The van der Waals surface area contributed by atoms with Crippen LogP contribution in [0.5, 0.6) is 5.75 Å². The minimum Gasteiger partial charge on any atom is -0.490 e. The molecule has 5 heteroatoms. The molecule has 0 amide bonds. The molecular formula is C10H8BrF3O. The molecule has 0 aliphatic heterocycles. The summed E-state index contributed by atoms with van der Waals surface area (Å²) in [6.45, 7) is 0. The molecule has 1 saturated carbocycles. The Morgan fingerprint density at radius 1 is 1.20 bits per heavy atom. The molecule has 0 bridgehead atoms. The second kappa shape index (κ2) is 3.70. The van der Waals surface area contributed by atoms with Crippen LogP contribution in [0.25, 0.3) is 0 Å². The van der Waals surface area contributed by atoms with E-state index in [0.717, 1.165) is 25.0 Å². The van der Waals surface area contributed by atoms with E-state index >= 15 is 0 Å². The zero-order chi connectivity index (χ0) is 11.1. The third-order valence-corrected chi connectivity index (χ3v) is 2.48. The van der Waals surface area contributed by atoms with Gasteiger partial charge < -0.3 is 4.74 Å². The number of hydrogen-bond acceptors (Lipinski definition) is 1. The lowest BCUT2D eigenvalue weighted by Gasteiger charge is -2.10. The van der Waals surface area contributed by atoms with E-state index in [0.29, 0.717) is 4.47 Å². The Hall–Kier alpha value is -0.710. The predicted octanol–water partition coefficient (Wildman–Crippen LogP) is 4.01. The molecule has 1 aromatic rings. The van der Waals surface area contributed by atoms with E-state index in [4.69, 9.17) is 4.74 Å². The van der Waals surface area contributed by atoms with Gasteiger partial charge in [-0.05, 0) is 31.0 Å². The van der Waals surface area contributed by atoms with Crippen LogP contribution in [0.2, 0.25) is 0 Å². The Kier molecular flexibility index (Phi) is 2.66. The van der Waals surface area contributed by atoms with Gasteiger partial charge in [0.25, 0.3) is 0 Å². The first-order valence-electron chi connectivity index (χ1n) is 4.49. The van der Waals surface area contributed by atoms with Gasteiger partial charge in [0, 0.05) is 4.47 Å². The highest BCUT2D eigenvalue weighted by molar-refractivity contribution is 9.10. The fraction of sp³-hybridized carbons (Fsp3) is 0.400. The summed E-state index contributed by atoms with van der Waals surface area (Å²) in [6.07, 6.45) is -2.38. The van der Waals surface area contributed by atoms with Crippen molar-refractivity contribution in [3.05, 3.63) is 28.2 Å². The first kappa shape index (κ1) is 10.8. The molecule has 1 fully saturated rings. The highest BCUT2D eigenvalue weighted by Crippen LogP contribution is 2.36. The number of ether oxygens (including phenoxy) is 1. The molecule has 2 rings (SSSR count). The van der Waals surface area contributed by atoms with Gasteiger partial charge in [0.05, 0.1) is 11.7 Å². The van der Waals surface area contributed by atoms with Crippen LogP contribution in [0.15, 0.2) is 22.7 Å². The molecule has 15 heavy (non-hydrogen) atoms. The number of rotatable bonds is 2. The van der Waals surface area contributed by atoms with Gasteiger partial charge >= 0.3 is 6.18 Å². The molecule has 0 atom stereocenters. The first-order chi connectivity index (χ1) is 6.95. The smallest absolute Gasteiger partial charge is 0.416 e. The van der Waals surface area contributed by atoms with Gasteiger partial charge in [0.15, 0.2) is 0 Å². The molecule has 1 aliphatic carbocycles. The van der Waals surface area contributed by atoms with Crippen molar-refractivity contribution in [2.75, 3.05) is 0 Å². The number of benzene rings is 1. The van der Waals surface area contributed by atoms with Gasteiger partial charge in [-0.1, -0.05) is 15.9 Å². The summed E-state index contributed by atoms with van der Waals surface area (Å²) in [7, 11) is 0. The van der Waals surface area contributed by atoms with Crippen LogP contribution in [0.4, 0.5) is 13.2 Å². The lowest BCUT2D eigenvalue weighted by molar-refractivity contribution is -0.137. The monoisotopic (exact) mass is 280 g/mol.